The molecule has 3 unspecified atom stereocenters. The van der Waals surface area contributed by atoms with Gasteiger partial charge in [0.1, 0.15) is 0 Å². The summed E-state index contributed by atoms with van der Waals surface area (Å²) in [5.74, 6) is 1.06. The smallest absolute Gasteiger partial charge is 0.304 e. The van der Waals surface area contributed by atoms with Crippen LogP contribution >= 0.6 is 0 Å². The maximum Gasteiger partial charge on any atom is 0.304 e. The molecule has 0 aliphatic heterocycles. The van der Waals surface area contributed by atoms with Crippen LogP contribution in [0, 0.1) is 23.2 Å². The molecule has 0 radical (unpaired) electrons. The van der Waals surface area contributed by atoms with E-state index >= 15 is 0 Å². The third-order valence-corrected chi connectivity index (χ3v) is 4.91. The van der Waals surface area contributed by atoms with E-state index in [-0.39, 0.29) is 17.9 Å². The largest absolute Gasteiger partial charge is 0.481 e. The number of aliphatic hydroxyl groups is 1. The monoisotopic (exact) mass is 210 g/mol. The van der Waals surface area contributed by atoms with E-state index in [2.05, 4.69) is 0 Å². The first-order valence-electron chi connectivity index (χ1n) is 5.99. The van der Waals surface area contributed by atoms with Crippen molar-refractivity contribution in [2.45, 2.75) is 44.6 Å². The first kappa shape index (κ1) is 9.64. The second kappa shape index (κ2) is 2.97. The lowest BCUT2D eigenvalue weighted by Crippen LogP contribution is -2.56. The standard InChI is InChI=1S/C12H18O3/c13-10(14)6-12-4-7-1-8(5-12)3-9(2-7)11(12)15/h7-9,11,15H,1-6H2,(H,13,14). The Bertz CT molecular complexity index is 285. The van der Waals surface area contributed by atoms with Crippen molar-refractivity contribution < 1.29 is 15.0 Å². The molecule has 3 heteroatoms. The number of aliphatic carboxylic acids is 1. The van der Waals surface area contributed by atoms with Gasteiger partial charge in [-0.25, -0.2) is 0 Å². The molecule has 3 atom stereocenters. The van der Waals surface area contributed by atoms with E-state index in [4.69, 9.17) is 5.11 Å². The Morgan fingerprint density at radius 1 is 1.20 bits per heavy atom. The van der Waals surface area contributed by atoms with Crippen LogP contribution < -0.4 is 0 Å². The lowest BCUT2D eigenvalue weighted by Gasteiger charge is -2.59. The zero-order valence-electron chi connectivity index (χ0n) is 8.85. The minimum atomic E-state index is -0.740. The van der Waals surface area contributed by atoms with Crippen LogP contribution in [0.2, 0.25) is 0 Å². The Labute approximate surface area is 89.5 Å². The molecular weight excluding hydrogens is 192 g/mol. The number of hydrogen-bond donors (Lipinski definition) is 2. The van der Waals surface area contributed by atoms with E-state index in [9.17, 15) is 9.90 Å². The minimum absolute atomic E-state index is 0.178. The van der Waals surface area contributed by atoms with Gasteiger partial charge in [0.25, 0.3) is 0 Å². The highest BCUT2D eigenvalue weighted by Gasteiger charge is 2.57. The van der Waals surface area contributed by atoms with Gasteiger partial charge in [-0.2, -0.15) is 0 Å². The summed E-state index contributed by atoms with van der Waals surface area (Å²) in [6, 6.07) is 0. The third kappa shape index (κ3) is 1.32. The Morgan fingerprint density at radius 3 is 2.33 bits per heavy atom. The van der Waals surface area contributed by atoms with Gasteiger partial charge >= 0.3 is 5.97 Å². The van der Waals surface area contributed by atoms with Gasteiger partial charge in [-0.15, -0.1) is 0 Å². The van der Waals surface area contributed by atoms with Gasteiger partial charge in [0, 0.05) is 5.41 Å². The quantitative estimate of drug-likeness (QED) is 0.728. The average molecular weight is 210 g/mol. The van der Waals surface area contributed by atoms with Crippen molar-refractivity contribution in [1.29, 1.82) is 0 Å². The number of aliphatic hydroxyl groups excluding tert-OH is 1. The summed E-state index contributed by atoms with van der Waals surface area (Å²) in [4.78, 5) is 10.9. The molecule has 4 rings (SSSR count). The second-order valence-electron chi connectivity index (χ2n) is 5.99. The van der Waals surface area contributed by atoms with Crippen molar-refractivity contribution in [1.82, 2.24) is 0 Å². The average Bonchev–Trinajstić information content (AvgIpc) is 2.11. The molecule has 0 aromatic rings. The van der Waals surface area contributed by atoms with E-state index in [1.807, 2.05) is 0 Å². The second-order valence-corrected chi connectivity index (χ2v) is 5.99. The summed E-state index contributed by atoms with van der Waals surface area (Å²) in [6.45, 7) is 0. The molecule has 4 saturated carbocycles. The first-order chi connectivity index (χ1) is 7.09. The summed E-state index contributed by atoms with van der Waals surface area (Å²) < 4.78 is 0. The van der Waals surface area contributed by atoms with E-state index in [1.165, 1.54) is 6.42 Å². The Hall–Kier alpha value is -0.570. The van der Waals surface area contributed by atoms with Gasteiger partial charge in [0.15, 0.2) is 0 Å². The number of carboxylic acid groups (broad SMARTS) is 1. The highest BCUT2D eigenvalue weighted by Crippen LogP contribution is 2.61. The maximum atomic E-state index is 10.9. The minimum Gasteiger partial charge on any atom is -0.481 e. The fraction of sp³-hybridized carbons (Fsp3) is 0.917. The normalized spacial score (nSPS) is 52.1. The molecule has 4 aliphatic rings. The highest BCUT2D eigenvalue weighted by molar-refractivity contribution is 5.68. The summed E-state index contributed by atoms with van der Waals surface area (Å²) in [5, 5.41) is 19.2. The Balaban J connectivity index is 1.90. The van der Waals surface area contributed by atoms with Crippen LogP contribution in [0.5, 0.6) is 0 Å². The molecule has 0 saturated heterocycles. The number of rotatable bonds is 2. The van der Waals surface area contributed by atoms with Gasteiger partial charge in [-0.3, -0.25) is 4.79 Å². The molecular formula is C12H18O3. The lowest BCUT2D eigenvalue weighted by atomic mass is 9.47. The van der Waals surface area contributed by atoms with E-state index in [0.717, 1.165) is 25.7 Å². The number of hydrogen-bond acceptors (Lipinski definition) is 2. The van der Waals surface area contributed by atoms with Crippen LogP contribution in [0.15, 0.2) is 0 Å². The molecule has 0 spiro atoms. The molecule has 84 valence electrons. The third-order valence-electron chi connectivity index (χ3n) is 4.91. The highest BCUT2D eigenvalue weighted by atomic mass is 16.4. The molecule has 0 aromatic carbocycles. The zero-order valence-corrected chi connectivity index (χ0v) is 8.85. The number of carbonyl (C=O) groups is 1. The number of carboxylic acids is 1. The van der Waals surface area contributed by atoms with Crippen LogP contribution in [-0.2, 0) is 4.79 Å². The summed E-state index contributed by atoms with van der Waals surface area (Å²) in [7, 11) is 0. The van der Waals surface area contributed by atoms with Gasteiger partial charge in [-0.05, 0) is 49.9 Å². The summed E-state index contributed by atoms with van der Waals surface area (Å²) in [6.07, 6.45) is 5.29. The summed E-state index contributed by atoms with van der Waals surface area (Å²) in [5.41, 5.74) is -0.263. The molecule has 0 aromatic heterocycles. The molecule has 4 aliphatic carbocycles. The van der Waals surface area contributed by atoms with Gasteiger partial charge in [0.2, 0.25) is 0 Å². The van der Waals surface area contributed by atoms with Crippen molar-refractivity contribution >= 4 is 5.97 Å². The Morgan fingerprint density at radius 2 is 1.80 bits per heavy atom. The maximum absolute atomic E-state index is 10.9. The molecule has 4 bridgehead atoms. The van der Waals surface area contributed by atoms with Crippen LogP contribution in [0.4, 0.5) is 0 Å². The molecule has 2 N–H and O–H groups in total. The molecule has 0 amide bonds. The van der Waals surface area contributed by atoms with Crippen LogP contribution in [-0.4, -0.2) is 22.3 Å². The summed E-state index contributed by atoms with van der Waals surface area (Å²) >= 11 is 0. The van der Waals surface area contributed by atoms with Crippen molar-refractivity contribution in [3.63, 3.8) is 0 Å². The molecule has 4 fully saturated rings. The van der Waals surface area contributed by atoms with E-state index in [0.29, 0.717) is 17.8 Å². The SMILES string of the molecule is O=C(O)CC12CC3CC(CC(C3)C1O)C2. The zero-order chi connectivity index (χ0) is 10.6. The first-order valence-corrected chi connectivity index (χ1v) is 5.99. The molecule has 0 heterocycles. The predicted molar refractivity (Wildman–Crippen MR) is 54.2 cm³/mol. The van der Waals surface area contributed by atoms with Crippen LogP contribution in [0.1, 0.15) is 38.5 Å². The topological polar surface area (TPSA) is 57.5 Å². The van der Waals surface area contributed by atoms with E-state index in [1.54, 1.807) is 0 Å². The molecule has 15 heavy (non-hydrogen) atoms. The van der Waals surface area contributed by atoms with Crippen molar-refractivity contribution in [3.05, 3.63) is 0 Å². The van der Waals surface area contributed by atoms with Crippen molar-refractivity contribution in [2.75, 3.05) is 0 Å². The fourth-order valence-corrected chi connectivity index (χ4v) is 4.73. The van der Waals surface area contributed by atoms with Crippen molar-refractivity contribution in [3.8, 4) is 0 Å². The Kier molecular flexibility index (Phi) is 1.91. The molecule has 3 nitrogen and oxygen atoms in total. The van der Waals surface area contributed by atoms with Gasteiger partial charge in [-0.1, -0.05) is 0 Å². The van der Waals surface area contributed by atoms with Crippen molar-refractivity contribution in [2.24, 2.45) is 23.2 Å². The van der Waals surface area contributed by atoms with Gasteiger partial charge in [0.05, 0.1) is 12.5 Å². The van der Waals surface area contributed by atoms with Crippen LogP contribution in [0.3, 0.4) is 0 Å². The predicted octanol–water partition coefficient (Wildman–Crippen LogP) is 1.65. The van der Waals surface area contributed by atoms with Gasteiger partial charge < -0.3 is 10.2 Å². The van der Waals surface area contributed by atoms with Crippen LogP contribution in [0.25, 0.3) is 0 Å². The fourth-order valence-electron chi connectivity index (χ4n) is 4.73. The lowest BCUT2D eigenvalue weighted by molar-refractivity contribution is -0.172. The van der Waals surface area contributed by atoms with E-state index < -0.39 is 5.97 Å².